The number of amides is 2. The van der Waals surface area contributed by atoms with E-state index in [2.05, 4.69) is 10.3 Å². The maximum absolute atomic E-state index is 13.3. The zero-order valence-electron chi connectivity index (χ0n) is 19.1. The fourth-order valence-electron chi connectivity index (χ4n) is 3.39. The van der Waals surface area contributed by atoms with Crippen LogP contribution in [0.4, 0.5) is 10.1 Å². The van der Waals surface area contributed by atoms with Crippen molar-refractivity contribution in [2.24, 2.45) is 5.73 Å². The van der Waals surface area contributed by atoms with Crippen molar-refractivity contribution in [2.45, 2.75) is 25.3 Å². The van der Waals surface area contributed by atoms with Crippen molar-refractivity contribution >= 4 is 27.8 Å². The van der Waals surface area contributed by atoms with Crippen LogP contribution in [0.3, 0.4) is 0 Å². The predicted molar refractivity (Wildman–Crippen MR) is 128 cm³/mol. The van der Waals surface area contributed by atoms with Crippen molar-refractivity contribution in [1.29, 1.82) is 0 Å². The topological polar surface area (TPSA) is 143 Å². The zero-order chi connectivity index (χ0) is 25.8. The number of nitrogens with two attached hydrogens (primary N) is 1. The van der Waals surface area contributed by atoms with Gasteiger partial charge in [0.1, 0.15) is 5.82 Å². The summed E-state index contributed by atoms with van der Waals surface area (Å²) in [5.41, 5.74) is 6.44. The van der Waals surface area contributed by atoms with Crippen LogP contribution in [0, 0.1) is 5.82 Å². The predicted octanol–water partition coefficient (Wildman–Crippen LogP) is 3.08. The lowest BCUT2D eigenvalue weighted by Crippen LogP contribution is -2.48. The third-order valence-corrected chi connectivity index (χ3v) is 6.38. The van der Waals surface area contributed by atoms with Crippen molar-refractivity contribution in [1.82, 2.24) is 9.29 Å². The van der Waals surface area contributed by atoms with E-state index >= 15 is 0 Å². The molecule has 11 heteroatoms. The number of nitrogens with one attached hydrogen (secondary N) is 1. The molecule has 0 aliphatic carbocycles. The molecule has 0 bridgehead atoms. The molecule has 3 rings (SSSR count). The van der Waals surface area contributed by atoms with E-state index in [-0.39, 0.29) is 5.91 Å². The monoisotopic (exact) mass is 500 g/mol. The number of hydrogen-bond donors (Lipinski definition) is 3. The molecule has 0 aliphatic heterocycles. The van der Waals surface area contributed by atoms with Crippen LogP contribution in [0.5, 0.6) is 0 Å². The Morgan fingerprint density at radius 1 is 1.06 bits per heavy atom. The number of halogens is 1. The van der Waals surface area contributed by atoms with Gasteiger partial charge < -0.3 is 11.1 Å². The highest BCUT2D eigenvalue weighted by molar-refractivity contribution is 7.84. The van der Waals surface area contributed by atoms with Crippen LogP contribution in [0.2, 0.25) is 0 Å². The van der Waals surface area contributed by atoms with Gasteiger partial charge in [-0.15, -0.1) is 0 Å². The summed E-state index contributed by atoms with van der Waals surface area (Å²) in [5.74, 6) is -1.81. The molecule has 0 aliphatic rings. The first-order chi connectivity index (χ1) is 16.4. The molecule has 2 amide bonds. The Bertz CT molecular complexity index is 1300. The molecule has 184 valence electrons. The van der Waals surface area contributed by atoms with E-state index in [1.54, 1.807) is 12.1 Å². The number of anilines is 1. The van der Waals surface area contributed by atoms with Crippen molar-refractivity contribution in [3.05, 3.63) is 95.6 Å². The van der Waals surface area contributed by atoms with Gasteiger partial charge in [-0.2, -0.15) is 8.42 Å². The average Bonchev–Trinajstić information content (AvgIpc) is 2.82. The van der Waals surface area contributed by atoms with Crippen LogP contribution >= 0.6 is 0 Å². The number of hydrogen-bond acceptors (Lipinski definition) is 6. The van der Waals surface area contributed by atoms with Gasteiger partial charge in [-0.1, -0.05) is 24.3 Å². The second-order valence-electron chi connectivity index (χ2n) is 8.36. The van der Waals surface area contributed by atoms with E-state index in [9.17, 15) is 27.0 Å². The fraction of sp³-hybridized carbons (Fsp3) is 0.208. The van der Waals surface area contributed by atoms with Gasteiger partial charge in [-0.3, -0.25) is 19.1 Å². The number of carbonyl (C=O) groups excluding carboxylic acids is 2. The van der Waals surface area contributed by atoms with Crippen LogP contribution in [-0.4, -0.2) is 40.6 Å². The second kappa shape index (κ2) is 10.3. The Hall–Kier alpha value is -3.67. The number of pyridine rings is 1. The van der Waals surface area contributed by atoms with Crippen LogP contribution in [0.1, 0.15) is 41.4 Å². The Labute approximate surface area is 202 Å². The molecule has 0 fully saturated rings. The third-order valence-electron chi connectivity index (χ3n) is 5.51. The van der Waals surface area contributed by atoms with Gasteiger partial charge in [-0.25, -0.2) is 8.70 Å². The molecule has 0 spiro atoms. The smallest absolute Gasteiger partial charge is 0.322 e. The zero-order valence-corrected chi connectivity index (χ0v) is 19.9. The molecule has 9 nitrogen and oxygen atoms in total. The van der Waals surface area contributed by atoms with E-state index in [0.717, 1.165) is 12.1 Å². The summed E-state index contributed by atoms with van der Waals surface area (Å²) in [4.78, 5) is 29.4. The molecule has 35 heavy (non-hydrogen) atoms. The standard InChI is InChI=1S/C24H25FN4O5S/c1-24(2,18-7-9-19(25)10-8-18)23(31)29(35(32,33)34)15-21(26)16-3-5-17(6-4-16)22(30)28-20-11-13-27-14-12-20/h3-14,21H,15,26H2,1-2H3,(H,27,28,30)(H,32,33,34). The number of rotatable bonds is 8. The van der Waals surface area contributed by atoms with E-state index in [4.69, 9.17) is 5.73 Å². The van der Waals surface area contributed by atoms with Gasteiger partial charge in [0.25, 0.3) is 5.91 Å². The van der Waals surface area contributed by atoms with E-state index in [0.29, 0.717) is 26.7 Å². The highest BCUT2D eigenvalue weighted by atomic mass is 32.2. The Morgan fingerprint density at radius 3 is 2.17 bits per heavy atom. The Kier molecular flexibility index (Phi) is 7.64. The molecule has 1 atom stereocenters. The summed E-state index contributed by atoms with van der Waals surface area (Å²) in [6.07, 6.45) is 3.08. The lowest BCUT2D eigenvalue weighted by atomic mass is 9.83. The number of carbonyl (C=O) groups is 2. The molecule has 2 aromatic carbocycles. The van der Waals surface area contributed by atoms with Crippen molar-refractivity contribution < 1.29 is 27.0 Å². The third kappa shape index (κ3) is 6.27. The number of nitrogens with zero attached hydrogens (tertiary/aromatic N) is 2. The molecular weight excluding hydrogens is 475 g/mol. The highest BCUT2D eigenvalue weighted by Crippen LogP contribution is 2.28. The minimum absolute atomic E-state index is 0.297. The van der Waals surface area contributed by atoms with Gasteiger partial charge in [-0.05, 0) is 61.4 Å². The molecule has 1 aromatic heterocycles. The maximum atomic E-state index is 13.3. The van der Waals surface area contributed by atoms with Crippen LogP contribution in [0.15, 0.2) is 73.1 Å². The van der Waals surface area contributed by atoms with Crippen LogP contribution in [0.25, 0.3) is 0 Å². The van der Waals surface area contributed by atoms with Crippen molar-refractivity contribution in [3.63, 3.8) is 0 Å². The molecule has 3 aromatic rings. The molecule has 0 radical (unpaired) electrons. The summed E-state index contributed by atoms with van der Waals surface area (Å²) in [6.45, 7) is 2.37. The fourth-order valence-corrected chi connectivity index (χ4v) is 4.17. The summed E-state index contributed by atoms with van der Waals surface area (Å²) in [6, 6.07) is 13.4. The van der Waals surface area contributed by atoms with E-state index in [1.807, 2.05) is 0 Å². The highest BCUT2D eigenvalue weighted by Gasteiger charge is 2.39. The summed E-state index contributed by atoms with van der Waals surface area (Å²) >= 11 is 0. The first kappa shape index (κ1) is 25.9. The first-order valence-electron chi connectivity index (χ1n) is 10.5. The molecule has 1 unspecified atom stereocenters. The largest absolute Gasteiger partial charge is 0.362 e. The molecular formula is C24H25FN4O5S. The average molecular weight is 501 g/mol. The second-order valence-corrected chi connectivity index (χ2v) is 9.70. The van der Waals surface area contributed by atoms with Crippen LogP contribution < -0.4 is 11.1 Å². The normalized spacial score (nSPS) is 12.6. The summed E-state index contributed by atoms with van der Waals surface area (Å²) < 4.78 is 47.5. The van der Waals surface area contributed by atoms with Crippen LogP contribution in [-0.2, 0) is 20.5 Å². The first-order valence-corrected chi connectivity index (χ1v) is 11.9. The Balaban J connectivity index is 1.77. The van der Waals surface area contributed by atoms with Gasteiger partial charge in [0, 0.05) is 29.7 Å². The quantitative estimate of drug-likeness (QED) is 0.403. The minimum atomic E-state index is -4.96. The van der Waals surface area contributed by atoms with E-state index in [1.165, 1.54) is 62.6 Å². The SMILES string of the molecule is CC(C)(C(=O)N(CC(N)c1ccc(C(=O)Nc2ccncc2)cc1)S(=O)(=O)O)c1ccc(F)cc1. The van der Waals surface area contributed by atoms with Crippen molar-refractivity contribution in [3.8, 4) is 0 Å². The molecule has 0 saturated carbocycles. The summed E-state index contributed by atoms with van der Waals surface area (Å²) in [7, 11) is -4.96. The molecule has 4 N–H and O–H groups in total. The maximum Gasteiger partial charge on any atom is 0.362 e. The lowest BCUT2D eigenvalue weighted by molar-refractivity contribution is -0.131. The van der Waals surface area contributed by atoms with Crippen molar-refractivity contribution in [2.75, 3.05) is 11.9 Å². The van der Waals surface area contributed by atoms with Gasteiger partial charge >= 0.3 is 10.3 Å². The molecule has 0 saturated heterocycles. The number of benzene rings is 2. The van der Waals surface area contributed by atoms with Gasteiger partial charge in [0.2, 0.25) is 5.91 Å². The molecule has 1 heterocycles. The van der Waals surface area contributed by atoms with E-state index < -0.39 is 40.0 Å². The Morgan fingerprint density at radius 2 is 1.63 bits per heavy atom. The van der Waals surface area contributed by atoms with Gasteiger partial charge in [0.15, 0.2) is 0 Å². The number of aromatic nitrogens is 1. The lowest BCUT2D eigenvalue weighted by Gasteiger charge is -2.31. The summed E-state index contributed by atoms with van der Waals surface area (Å²) in [5, 5.41) is 2.71. The van der Waals surface area contributed by atoms with Gasteiger partial charge in [0.05, 0.1) is 12.0 Å². The minimum Gasteiger partial charge on any atom is -0.322 e.